The van der Waals surface area contributed by atoms with Gasteiger partial charge >= 0.3 is 6.18 Å². The van der Waals surface area contributed by atoms with Crippen LogP contribution in [0.4, 0.5) is 22.0 Å². The van der Waals surface area contributed by atoms with Crippen molar-refractivity contribution in [2.75, 3.05) is 26.3 Å². The fourth-order valence-corrected chi connectivity index (χ4v) is 7.17. The van der Waals surface area contributed by atoms with Crippen LogP contribution in [-0.2, 0) is 33.4 Å². The second-order valence-corrected chi connectivity index (χ2v) is 12.0. The molecule has 2 aromatic carbocycles. The van der Waals surface area contributed by atoms with Gasteiger partial charge in [0, 0.05) is 18.5 Å². The average molecular weight is 579 g/mol. The molecule has 0 N–H and O–H groups in total. The van der Waals surface area contributed by atoms with Crippen LogP contribution in [0.5, 0.6) is 0 Å². The Hall–Kier alpha value is -2.89. The number of nitrogens with zero attached hydrogens (tertiary/aromatic N) is 2. The van der Waals surface area contributed by atoms with Gasteiger partial charge in [0.05, 0.1) is 19.4 Å². The molecule has 3 heterocycles. The number of alkyl halides is 4. The van der Waals surface area contributed by atoms with E-state index in [0.29, 0.717) is 67.9 Å². The molecule has 212 valence electrons. The molecule has 3 atom stereocenters. The Morgan fingerprint density at radius 2 is 1.85 bits per heavy atom. The molecule has 0 saturated carbocycles. The number of rotatable bonds is 5. The summed E-state index contributed by atoms with van der Waals surface area (Å²) in [5.74, 6) is -0.561. The molecule has 6 rings (SSSR count). The molecule has 1 aliphatic carbocycles. The lowest BCUT2D eigenvalue weighted by Crippen LogP contribution is -2.42. The molecule has 3 unspecified atom stereocenters. The normalized spacial score (nSPS) is 24.6. The third-order valence-electron chi connectivity index (χ3n) is 8.45. The highest BCUT2D eigenvalue weighted by molar-refractivity contribution is 7.13. The van der Waals surface area contributed by atoms with E-state index in [1.807, 2.05) is 0 Å². The first-order chi connectivity index (χ1) is 19.0. The molecule has 5 nitrogen and oxygen atoms in total. The van der Waals surface area contributed by atoms with Crippen molar-refractivity contribution in [1.29, 1.82) is 0 Å². The second-order valence-electron chi connectivity index (χ2n) is 10.9. The largest absolute Gasteiger partial charge is 0.426 e. The molecule has 2 aliphatic heterocycles. The van der Waals surface area contributed by atoms with E-state index in [-0.39, 0.29) is 17.6 Å². The zero-order chi connectivity index (χ0) is 28.3. The second kappa shape index (κ2) is 9.88. The van der Waals surface area contributed by atoms with Crippen LogP contribution >= 0.6 is 11.3 Å². The first kappa shape index (κ1) is 27.3. The van der Waals surface area contributed by atoms with Gasteiger partial charge in [-0.3, -0.25) is 4.79 Å². The first-order valence-corrected chi connectivity index (χ1v) is 13.9. The zero-order valence-corrected chi connectivity index (χ0v) is 22.5. The minimum Gasteiger partial charge on any atom is -0.344 e. The van der Waals surface area contributed by atoms with E-state index in [4.69, 9.17) is 9.47 Å². The van der Waals surface area contributed by atoms with Gasteiger partial charge < -0.3 is 14.4 Å². The van der Waals surface area contributed by atoms with Crippen molar-refractivity contribution >= 4 is 17.2 Å². The lowest BCUT2D eigenvalue weighted by molar-refractivity contribution is -0.228. The smallest absolute Gasteiger partial charge is 0.344 e. The number of hydrogen-bond acceptors (Lipinski definition) is 5. The van der Waals surface area contributed by atoms with Gasteiger partial charge in [0.25, 0.3) is 5.91 Å². The summed E-state index contributed by atoms with van der Waals surface area (Å²) >= 11 is 1.21. The zero-order valence-electron chi connectivity index (χ0n) is 21.6. The van der Waals surface area contributed by atoms with Crippen molar-refractivity contribution < 1.29 is 36.2 Å². The number of thiazole rings is 1. The third-order valence-corrected chi connectivity index (χ3v) is 9.46. The van der Waals surface area contributed by atoms with E-state index in [0.717, 1.165) is 11.1 Å². The number of halogens is 5. The molecule has 2 saturated heterocycles. The highest BCUT2D eigenvalue weighted by atomic mass is 32.1. The van der Waals surface area contributed by atoms with Crippen LogP contribution in [0, 0.1) is 11.7 Å². The highest BCUT2D eigenvalue weighted by Gasteiger charge is 2.55. The van der Waals surface area contributed by atoms with Gasteiger partial charge in [0.15, 0.2) is 0 Å². The number of aryl methyl sites for hydroxylation is 1. The lowest BCUT2D eigenvalue weighted by atomic mass is 9.62. The van der Waals surface area contributed by atoms with Crippen LogP contribution in [0.3, 0.4) is 0 Å². The maximum Gasteiger partial charge on any atom is 0.426 e. The highest BCUT2D eigenvalue weighted by Crippen LogP contribution is 2.51. The van der Waals surface area contributed by atoms with Crippen molar-refractivity contribution in [1.82, 2.24) is 9.88 Å². The van der Waals surface area contributed by atoms with Crippen molar-refractivity contribution in [3.05, 3.63) is 86.6 Å². The predicted octanol–water partition coefficient (Wildman–Crippen LogP) is 6.27. The molecule has 2 fully saturated rings. The fourth-order valence-electron chi connectivity index (χ4n) is 6.29. The summed E-state index contributed by atoms with van der Waals surface area (Å²) in [4.78, 5) is 20.2. The van der Waals surface area contributed by atoms with Crippen molar-refractivity contribution in [3.63, 3.8) is 0 Å². The number of likely N-dealkylation sites (tertiary alicyclic amines) is 1. The topological polar surface area (TPSA) is 51.7 Å². The number of benzene rings is 2. The number of fused-ring (bicyclic) bond motifs is 3. The summed E-state index contributed by atoms with van der Waals surface area (Å²) in [5, 5.41) is 0.565. The van der Waals surface area contributed by atoms with E-state index in [1.54, 1.807) is 23.1 Å². The number of ether oxygens (including phenoxy) is 2. The molecule has 40 heavy (non-hydrogen) atoms. The summed E-state index contributed by atoms with van der Waals surface area (Å²) in [7, 11) is 0. The predicted molar refractivity (Wildman–Crippen MR) is 137 cm³/mol. The fraction of sp³-hybridized carbons (Fsp3) is 0.448. The van der Waals surface area contributed by atoms with Crippen LogP contribution in [0.25, 0.3) is 0 Å². The summed E-state index contributed by atoms with van der Waals surface area (Å²) < 4.78 is 80.0. The van der Waals surface area contributed by atoms with Crippen LogP contribution in [0.15, 0.2) is 48.7 Å². The number of carbonyl (C=O) groups is 1. The Morgan fingerprint density at radius 3 is 2.55 bits per heavy atom. The Balaban J connectivity index is 1.36. The van der Waals surface area contributed by atoms with Crippen molar-refractivity contribution in [2.24, 2.45) is 5.92 Å². The molecular formula is C29H27F5N2O3S. The quantitative estimate of drug-likeness (QED) is 0.335. The molecule has 0 radical (unpaired) electrons. The summed E-state index contributed by atoms with van der Waals surface area (Å²) in [6, 6.07) is 10.2. The van der Waals surface area contributed by atoms with Crippen LogP contribution in [-0.4, -0.2) is 48.3 Å². The minimum absolute atomic E-state index is 0.00752. The van der Waals surface area contributed by atoms with E-state index in [9.17, 15) is 26.7 Å². The van der Waals surface area contributed by atoms with Crippen LogP contribution in [0.1, 0.15) is 56.6 Å². The Kier molecular flexibility index (Phi) is 6.74. The van der Waals surface area contributed by atoms with Gasteiger partial charge in [-0.2, -0.15) is 13.2 Å². The lowest BCUT2D eigenvalue weighted by Gasteiger charge is -2.41. The molecule has 11 heteroatoms. The first-order valence-electron chi connectivity index (χ1n) is 13.1. The average Bonchev–Trinajstić information content (AvgIpc) is 3.68. The number of hydrogen-bond donors (Lipinski definition) is 0. The third kappa shape index (κ3) is 4.61. The Bertz CT molecular complexity index is 1420. The van der Waals surface area contributed by atoms with Crippen molar-refractivity contribution in [2.45, 2.75) is 49.7 Å². The maximum absolute atomic E-state index is 14.9. The van der Waals surface area contributed by atoms with Gasteiger partial charge in [-0.25, -0.2) is 13.8 Å². The number of aromatic nitrogens is 1. The molecule has 3 aliphatic rings. The van der Waals surface area contributed by atoms with Crippen molar-refractivity contribution in [3.8, 4) is 0 Å². The van der Waals surface area contributed by atoms with Gasteiger partial charge in [0.2, 0.25) is 12.0 Å². The SMILES string of the molecule is CC(F)(c1ccc2c(c1)CCC1CN(C(=O)c3cnc(C4OCCO4)s3)CC21Cc1ccc(F)cc1)C(F)(F)F. The van der Waals surface area contributed by atoms with E-state index < -0.39 is 29.1 Å². The van der Waals surface area contributed by atoms with E-state index >= 15 is 0 Å². The molecule has 3 aromatic rings. The van der Waals surface area contributed by atoms with Gasteiger partial charge in [-0.05, 0) is 66.5 Å². The van der Waals surface area contributed by atoms with Gasteiger partial charge in [-0.1, -0.05) is 30.3 Å². The number of carbonyl (C=O) groups excluding carboxylic acids is 1. The monoisotopic (exact) mass is 578 g/mol. The number of amides is 1. The van der Waals surface area contributed by atoms with Gasteiger partial charge in [0.1, 0.15) is 15.7 Å². The molecular weight excluding hydrogens is 551 g/mol. The minimum atomic E-state index is -5.05. The van der Waals surface area contributed by atoms with E-state index in [1.165, 1.54) is 41.8 Å². The summed E-state index contributed by atoms with van der Waals surface area (Å²) in [6.07, 6.45) is -2.58. The molecule has 0 spiro atoms. The van der Waals surface area contributed by atoms with E-state index in [2.05, 4.69) is 4.98 Å². The molecule has 1 amide bonds. The summed E-state index contributed by atoms with van der Waals surface area (Å²) in [6.45, 7) is 2.22. The standard InChI is InChI=1S/C29H27F5N2O3S/c1-27(31,29(32,33)34)19-6-9-22-18(12-19)4-5-20-15-36(16-28(20,22)13-17-2-7-21(30)8-3-17)25(37)23-14-35-24(40-23)26-38-10-11-39-26/h2-3,6-9,12,14,20,26H,4-5,10-11,13,15-16H2,1H3. The molecule has 0 bridgehead atoms. The maximum atomic E-state index is 14.9. The molecule has 1 aromatic heterocycles. The van der Waals surface area contributed by atoms with Gasteiger partial charge in [-0.15, -0.1) is 11.3 Å². The Morgan fingerprint density at radius 1 is 1.12 bits per heavy atom. The Labute approximate surface area is 231 Å². The van der Waals surface area contributed by atoms with Crippen LogP contribution < -0.4 is 0 Å². The van der Waals surface area contributed by atoms with Crippen LogP contribution in [0.2, 0.25) is 0 Å². The summed E-state index contributed by atoms with van der Waals surface area (Å²) in [5.41, 5.74) is -2.25.